The van der Waals surface area contributed by atoms with Gasteiger partial charge >= 0.3 is 0 Å². The zero-order chi connectivity index (χ0) is 10.3. The largest absolute Gasteiger partial charge is 0.380 e. The zero-order valence-corrected chi connectivity index (χ0v) is 9.00. The standard InChI is InChI=1S/C9H21N3O/c1-5-13-6-8(7(2)3)12-9(10)11-4/h7-8H,5-6H2,1-4H3,(H3,10,11,12). The number of aliphatic imine (C=N–C) groups is 1. The molecule has 0 spiro atoms. The molecule has 0 heterocycles. The van der Waals surface area contributed by atoms with Gasteiger partial charge in [0.05, 0.1) is 12.6 Å². The van der Waals surface area contributed by atoms with Crippen molar-refractivity contribution in [1.29, 1.82) is 0 Å². The molecule has 0 saturated heterocycles. The van der Waals surface area contributed by atoms with Crippen LogP contribution in [0.15, 0.2) is 4.99 Å². The number of hydrogen-bond donors (Lipinski definition) is 2. The Bertz CT molecular complexity index is 157. The van der Waals surface area contributed by atoms with E-state index in [1.54, 1.807) is 7.05 Å². The third kappa shape index (κ3) is 5.47. The molecular formula is C9H21N3O. The molecule has 0 aromatic heterocycles. The summed E-state index contributed by atoms with van der Waals surface area (Å²) in [4.78, 5) is 3.85. The number of rotatable bonds is 5. The van der Waals surface area contributed by atoms with E-state index < -0.39 is 0 Å². The minimum absolute atomic E-state index is 0.239. The molecule has 4 nitrogen and oxygen atoms in total. The molecule has 0 bridgehead atoms. The Labute approximate surface area is 80.6 Å². The normalized spacial score (nSPS) is 14.7. The molecule has 0 fully saturated rings. The van der Waals surface area contributed by atoms with Crippen molar-refractivity contribution in [3.63, 3.8) is 0 Å². The molecule has 0 aromatic rings. The van der Waals surface area contributed by atoms with Gasteiger partial charge in [-0.2, -0.15) is 0 Å². The van der Waals surface area contributed by atoms with Gasteiger partial charge in [0.15, 0.2) is 5.96 Å². The van der Waals surface area contributed by atoms with Gasteiger partial charge in [-0.1, -0.05) is 13.8 Å². The highest BCUT2D eigenvalue weighted by Crippen LogP contribution is 2.01. The molecule has 4 heteroatoms. The number of nitrogens with zero attached hydrogens (tertiary/aromatic N) is 1. The Morgan fingerprint density at radius 2 is 2.15 bits per heavy atom. The number of nitrogens with two attached hydrogens (primary N) is 1. The summed E-state index contributed by atoms with van der Waals surface area (Å²) in [7, 11) is 1.67. The molecule has 0 saturated carbocycles. The van der Waals surface area contributed by atoms with Gasteiger partial charge in [-0.3, -0.25) is 4.99 Å². The lowest BCUT2D eigenvalue weighted by atomic mass is 10.1. The fourth-order valence-corrected chi connectivity index (χ4v) is 0.900. The molecule has 0 aliphatic heterocycles. The highest BCUT2D eigenvalue weighted by Gasteiger charge is 2.13. The van der Waals surface area contributed by atoms with Gasteiger partial charge in [0.2, 0.25) is 0 Å². The molecule has 0 rings (SSSR count). The van der Waals surface area contributed by atoms with Crippen LogP contribution in [0, 0.1) is 5.92 Å². The van der Waals surface area contributed by atoms with Gasteiger partial charge in [0.25, 0.3) is 0 Å². The summed E-state index contributed by atoms with van der Waals surface area (Å²) in [6.07, 6.45) is 0. The van der Waals surface area contributed by atoms with Crippen LogP contribution < -0.4 is 11.1 Å². The van der Waals surface area contributed by atoms with E-state index in [1.165, 1.54) is 0 Å². The smallest absolute Gasteiger partial charge is 0.188 e. The Morgan fingerprint density at radius 1 is 1.54 bits per heavy atom. The third-order valence-corrected chi connectivity index (χ3v) is 1.88. The maximum atomic E-state index is 5.57. The fourth-order valence-electron chi connectivity index (χ4n) is 0.900. The third-order valence-electron chi connectivity index (χ3n) is 1.88. The lowest BCUT2D eigenvalue weighted by Crippen LogP contribution is -2.45. The Kier molecular flexibility index (Phi) is 6.32. The Morgan fingerprint density at radius 3 is 2.54 bits per heavy atom. The minimum Gasteiger partial charge on any atom is -0.380 e. The quantitative estimate of drug-likeness (QED) is 0.489. The van der Waals surface area contributed by atoms with Crippen LogP contribution in [0.4, 0.5) is 0 Å². The summed E-state index contributed by atoms with van der Waals surface area (Å²) >= 11 is 0. The molecule has 0 amide bonds. The first-order valence-electron chi connectivity index (χ1n) is 4.68. The number of ether oxygens (including phenoxy) is 1. The first-order valence-corrected chi connectivity index (χ1v) is 4.68. The van der Waals surface area contributed by atoms with Crippen LogP contribution in [0.5, 0.6) is 0 Å². The van der Waals surface area contributed by atoms with Gasteiger partial charge < -0.3 is 15.8 Å². The van der Waals surface area contributed by atoms with Crippen LogP contribution in [0.3, 0.4) is 0 Å². The van der Waals surface area contributed by atoms with Crippen molar-refractivity contribution in [2.75, 3.05) is 20.3 Å². The molecule has 78 valence electrons. The van der Waals surface area contributed by atoms with Gasteiger partial charge in [-0.15, -0.1) is 0 Å². The molecule has 1 atom stereocenters. The van der Waals surface area contributed by atoms with E-state index in [9.17, 15) is 0 Å². The summed E-state index contributed by atoms with van der Waals surface area (Å²) < 4.78 is 5.33. The summed E-state index contributed by atoms with van der Waals surface area (Å²) in [5.41, 5.74) is 5.57. The molecule has 1 unspecified atom stereocenters. The van der Waals surface area contributed by atoms with Crippen molar-refractivity contribution in [2.45, 2.75) is 26.8 Å². The van der Waals surface area contributed by atoms with Gasteiger partial charge in [0.1, 0.15) is 0 Å². The maximum Gasteiger partial charge on any atom is 0.188 e. The fraction of sp³-hybridized carbons (Fsp3) is 0.889. The monoisotopic (exact) mass is 187 g/mol. The van der Waals surface area contributed by atoms with E-state index in [1.807, 2.05) is 6.92 Å². The second kappa shape index (κ2) is 6.71. The topological polar surface area (TPSA) is 59.6 Å². The molecule has 0 aliphatic rings. The van der Waals surface area contributed by atoms with Crippen molar-refractivity contribution in [3.05, 3.63) is 0 Å². The van der Waals surface area contributed by atoms with Crippen LogP contribution in [-0.4, -0.2) is 32.3 Å². The lowest BCUT2D eigenvalue weighted by molar-refractivity contribution is 0.115. The van der Waals surface area contributed by atoms with Crippen LogP contribution in [0.2, 0.25) is 0 Å². The predicted octanol–water partition coefficient (Wildman–Crippen LogP) is 0.582. The number of guanidine groups is 1. The highest BCUT2D eigenvalue weighted by atomic mass is 16.5. The van der Waals surface area contributed by atoms with E-state index >= 15 is 0 Å². The van der Waals surface area contributed by atoms with E-state index in [-0.39, 0.29) is 6.04 Å². The van der Waals surface area contributed by atoms with Crippen molar-refractivity contribution >= 4 is 5.96 Å². The zero-order valence-electron chi connectivity index (χ0n) is 9.00. The van der Waals surface area contributed by atoms with E-state index in [0.717, 1.165) is 6.61 Å². The molecule has 13 heavy (non-hydrogen) atoms. The molecule has 3 N–H and O–H groups in total. The number of nitrogens with one attached hydrogen (secondary N) is 1. The maximum absolute atomic E-state index is 5.57. The highest BCUT2D eigenvalue weighted by molar-refractivity contribution is 5.77. The van der Waals surface area contributed by atoms with Gasteiger partial charge in [-0.25, -0.2) is 0 Å². The first-order chi connectivity index (χ1) is 6.11. The van der Waals surface area contributed by atoms with Crippen molar-refractivity contribution in [3.8, 4) is 0 Å². The van der Waals surface area contributed by atoms with E-state index in [4.69, 9.17) is 10.5 Å². The summed E-state index contributed by atoms with van der Waals surface area (Å²) in [5.74, 6) is 0.949. The number of hydrogen-bond acceptors (Lipinski definition) is 2. The van der Waals surface area contributed by atoms with E-state index in [0.29, 0.717) is 18.5 Å². The summed E-state index contributed by atoms with van der Waals surface area (Å²) in [5, 5.41) is 3.10. The predicted molar refractivity (Wildman–Crippen MR) is 55.8 cm³/mol. The second-order valence-corrected chi connectivity index (χ2v) is 3.26. The van der Waals surface area contributed by atoms with Crippen molar-refractivity contribution in [2.24, 2.45) is 16.6 Å². The average Bonchev–Trinajstić information content (AvgIpc) is 2.11. The van der Waals surface area contributed by atoms with Crippen LogP contribution in [-0.2, 0) is 4.74 Å². The Balaban J connectivity index is 3.94. The van der Waals surface area contributed by atoms with Gasteiger partial charge in [-0.05, 0) is 12.8 Å². The van der Waals surface area contributed by atoms with E-state index in [2.05, 4.69) is 24.2 Å². The minimum atomic E-state index is 0.239. The Hall–Kier alpha value is -0.770. The second-order valence-electron chi connectivity index (χ2n) is 3.26. The van der Waals surface area contributed by atoms with Crippen molar-refractivity contribution in [1.82, 2.24) is 5.32 Å². The van der Waals surface area contributed by atoms with Crippen LogP contribution in [0.25, 0.3) is 0 Å². The summed E-state index contributed by atoms with van der Waals surface area (Å²) in [6.45, 7) is 7.63. The average molecular weight is 187 g/mol. The summed E-state index contributed by atoms with van der Waals surface area (Å²) in [6, 6.07) is 0.239. The lowest BCUT2D eigenvalue weighted by Gasteiger charge is -2.22. The SMILES string of the molecule is CCOCC(NC(N)=NC)C(C)C. The molecule has 0 aliphatic carbocycles. The molecule has 0 aromatic carbocycles. The van der Waals surface area contributed by atoms with Crippen LogP contribution >= 0.6 is 0 Å². The molecular weight excluding hydrogens is 166 g/mol. The van der Waals surface area contributed by atoms with Gasteiger partial charge in [0, 0.05) is 13.7 Å². The first kappa shape index (κ1) is 12.2. The van der Waals surface area contributed by atoms with Crippen molar-refractivity contribution < 1.29 is 4.74 Å². The molecule has 0 radical (unpaired) electrons. The van der Waals surface area contributed by atoms with Crippen LogP contribution in [0.1, 0.15) is 20.8 Å².